The molecule has 0 aliphatic rings. The topological polar surface area (TPSA) is 123 Å². The van der Waals surface area contributed by atoms with Crippen molar-refractivity contribution < 1.29 is 42.0 Å². The Morgan fingerprint density at radius 2 is 1.73 bits per heavy atom. The monoisotopic (exact) mass is 488 g/mol. The molecule has 1 unspecified atom stereocenters. The van der Waals surface area contributed by atoms with Crippen LogP contribution in [0.3, 0.4) is 0 Å². The third-order valence-corrected chi connectivity index (χ3v) is 5.91. The van der Waals surface area contributed by atoms with Crippen molar-refractivity contribution in [1.29, 1.82) is 0 Å². The van der Waals surface area contributed by atoms with E-state index in [1.54, 1.807) is 18.5 Å². The van der Waals surface area contributed by atoms with Crippen molar-refractivity contribution in [2.45, 2.75) is 23.8 Å². The second-order valence-corrected chi connectivity index (χ2v) is 8.21. The maximum absolute atomic E-state index is 12.7. The molecular formula is C21H23F3N2O6S. The molecule has 180 valence electrons. The number of carbonyl (C=O) groups excluding carboxylic acids is 1. The SMILES string of the molecule is F.F.F.O=CC(CC(=O)O)NS(=O)(=O)c1ccccc1OCCc1cncc2ccccc12. The Labute approximate surface area is 187 Å². The number of carboxylic acids is 1. The first kappa shape index (κ1) is 29.5. The minimum Gasteiger partial charge on any atom is -0.492 e. The van der Waals surface area contributed by atoms with Crippen LogP contribution >= 0.6 is 0 Å². The van der Waals surface area contributed by atoms with Crippen LogP contribution in [0.1, 0.15) is 12.0 Å². The molecule has 3 aromatic rings. The van der Waals surface area contributed by atoms with Gasteiger partial charge < -0.3 is 14.6 Å². The van der Waals surface area contributed by atoms with Crippen molar-refractivity contribution in [3.63, 3.8) is 0 Å². The number of hydrogen-bond acceptors (Lipinski definition) is 6. The number of benzene rings is 2. The fourth-order valence-electron chi connectivity index (χ4n) is 3.01. The summed E-state index contributed by atoms with van der Waals surface area (Å²) in [6.07, 6.45) is 3.62. The number of pyridine rings is 1. The smallest absolute Gasteiger partial charge is 0.305 e. The van der Waals surface area contributed by atoms with Crippen molar-refractivity contribution in [1.82, 2.24) is 9.71 Å². The van der Waals surface area contributed by atoms with Gasteiger partial charge in [-0.3, -0.25) is 23.9 Å². The molecule has 0 fully saturated rings. The Bertz CT molecular complexity index is 1170. The van der Waals surface area contributed by atoms with Gasteiger partial charge in [-0.15, -0.1) is 0 Å². The summed E-state index contributed by atoms with van der Waals surface area (Å²) in [6, 6.07) is 12.4. The van der Waals surface area contributed by atoms with Crippen LogP contribution in [0.25, 0.3) is 10.8 Å². The number of hydrogen-bond donors (Lipinski definition) is 2. The zero-order valence-corrected chi connectivity index (χ0v) is 17.9. The number of nitrogens with one attached hydrogen (secondary N) is 1. The number of carboxylic acid groups (broad SMARTS) is 1. The van der Waals surface area contributed by atoms with Crippen LogP contribution < -0.4 is 9.46 Å². The molecule has 0 amide bonds. The van der Waals surface area contributed by atoms with Crippen LogP contribution in [0.4, 0.5) is 14.1 Å². The highest BCUT2D eigenvalue weighted by molar-refractivity contribution is 7.89. The standard InChI is InChI=1S/C21H20N2O6S.3FH/c24-14-17(11-21(25)26)23-30(27,28)20-8-4-3-7-19(20)29-10-9-16-13-22-12-15-5-1-2-6-18(15)16;;;/h1-8,12-14,17,23H,9-11H2,(H,25,26);3*1H. The van der Waals surface area contributed by atoms with E-state index in [0.29, 0.717) is 6.42 Å². The molecule has 0 aliphatic heterocycles. The lowest BCUT2D eigenvalue weighted by molar-refractivity contribution is -0.138. The number of sulfonamides is 1. The third-order valence-electron chi connectivity index (χ3n) is 4.38. The van der Waals surface area contributed by atoms with E-state index < -0.39 is 28.5 Å². The highest BCUT2D eigenvalue weighted by Gasteiger charge is 2.24. The first-order valence-corrected chi connectivity index (χ1v) is 10.6. The molecule has 0 saturated carbocycles. The maximum Gasteiger partial charge on any atom is 0.305 e. The van der Waals surface area contributed by atoms with E-state index in [1.165, 1.54) is 18.2 Å². The molecule has 1 aromatic heterocycles. The first-order valence-electron chi connectivity index (χ1n) is 9.13. The largest absolute Gasteiger partial charge is 0.492 e. The molecule has 12 heteroatoms. The second kappa shape index (κ2) is 13.1. The zero-order chi connectivity index (χ0) is 21.6. The summed E-state index contributed by atoms with van der Waals surface area (Å²) in [5.41, 5.74) is 0.967. The summed E-state index contributed by atoms with van der Waals surface area (Å²) in [6.45, 7) is 0.203. The van der Waals surface area contributed by atoms with Gasteiger partial charge in [0.1, 0.15) is 16.9 Å². The van der Waals surface area contributed by atoms with Gasteiger partial charge in [-0.1, -0.05) is 36.4 Å². The minimum absolute atomic E-state index is 0. The van der Waals surface area contributed by atoms with Gasteiger partial charge in [0.15, 0.2) is 0 Å². The number of aromatic nitrogens is 1. The lowest BCUT2D eigenvalue weighted by atomic mass is 10.1. The van der Waals surface area contributed by atoms with E-state index in [9.17, 15) is 18.0 Å². The maximum atomic E-state index is 12.7. The average molecular weight is 488 g/mol. The van der Waals surface area contributed by atoms with Crippen LogP contribution in [-0.4, -0.2) is 43.4 Å². The second-order valence-electron chi connectivity index (χ2n) is 6.53. The van der Waals surface area contributed by atoms with Crippen molar-refractivity contribution in [2.75, 3.05) is 6.61 Å². The van der Waals surface area contributed by atoms with Gasteiger partial charge >= 0.3 is 5.97 Å². The number of carbonyl (C=O) groups is 2. The van der Waals surface area contributed by atoms with Gasteiger partial charge in [-0.05, 0) is 23.1 Å². The molecule has 8 nitrogen and oxygen atoms in total. The quantitative estimate of drug-likeness (QED) is 0.421. The van der Waals surface area contributed by atoms with Crippen LogP contribution in [0, 0.1) is 0 Å². The fourth-order valence-corrected chi connectivity index (χ4v) is 4.32. The normalized spacial score (nSPS) is 11.3. The summed E-state index contributed by atoms with van der Waals surface area (Å²) in [5.74, 6) is -1.18. The number of para-hydroxylation sites is 1. The average Bonchev–Trinajstić information content (AvgIpc) is 2.73. The molecule has 2 N–H and O–H groups in total. The van der Waals surface area contributed by atoms with Gasteiger partial charge in [0.2, 0.25) is 10.0 Å². The van der Waals surface area contributed by atoms with E-state index in [2.05, 4.69) is 9.71 Å². The van der Waals surface area contributed by atoms with Crippen LogP contribution in [0.5, 0.6) is 5.75 Å². The first-order chi connectivity index (χ1) is 14.4. The van der Waals surface area contributed by atoms with E-state index in [4.69, 9.17) is 9.84 Å². The van der Waals surface area contributed by atoms with Crippen LogP contribution in [-0.2, 0) is 26.0 Å². The van der Waals surface area contributed by atoms with Crippen LogP contribution in [0.2, 0.25) is 0 Å². The Morgan fingerprint density at radius 1 is 1.06 bits per heavy atom. The molecular weight excluding hydrogens is 465 g/mol. The Hall–Kier alpha value is -3.51. The molecule has 0 aliphatic carbocycles. The number of halogens is 3. The third kappa shape index (κ3) is 7.54. The minimum atomic E-state index is -4.16. The predicted octanol–water partition coefficient (Wildman–Crippen LogP) is 2.63. The fraction of sp³-hybridized carbons (Fsp3) is 0.190. The van der Waals surface area contributed by atoms with Gasteiger partial charge in [-0.25, -0.2) is 13.1 Å². The zero-order valence-electron chi connectivity index (χ0n) is 17.1. The number of aliphatic carboxylic acids is 1. The number of nitrogens with zero attached hydrogens (tertiary/aromatic N) is 1. The van der Waals surface area contributed by atoms with Gasteiger partial charge in [-0.2, -0.15) is 0 Å². The molecule has 3 rings (SSSR count). The van der Waals surface area contributed by atoms with Crippen LogP contribution in [0.15, 0.2) is 65.8 Å². The summed E-state index contributed by atoms with van der Waals surface area (Å²) in [5, 5.41) is 10.9. The molecule has 1 heterocycles. The highest BCUT2D eigenvalue weighted by Crippen LogP contribution is 2.24. The molecule has 1 atom stereocenters. The summed E-state index contributed by atoms with van der Waals surface area (Å²) >= 11 is 0. The molecule has 0 spiro atoms. The van der Waals surface area contributed by atoms with Crippen molar-refractivity contribution in [2.24, 2.45) is 0 Å². The Morgan fingerprint density at radius 3 is 2.42 bits per heavy atom. The van der Waals surface area contributed by atoms with Gasteiger partial charge in [0, 0.05) is 24.2 Å². The molecule has 0 saturated heterocycles. The lowest BCUT2D eigenvalue weighted by Gasteiger charge is -2.15. The molecule has 0 bridgehead atoms. The molecule has 0 radical (unpaired) electrons. The van der Waals surface area contributed by atoms with E-state index in [-0.39, 0.29) is 37.7 Å². The van der Waals surface area contributed by atoms with Gasteiger partial charge in [0.05, 0.1) is 19.1 Å². The predicted molar refractivity (Wildman–Crippen MR) is 117 cm³/mol. The molecule has 2 aromatic carbocycles. The number of rotatable bonds is 10. The van der Waals surface area contributed by atoms with Crippen molar-refractivity contribution in [3.8, 4) is 5.75 Å². The summed E-state index contributed by atoms with van der Waals surface area (Å²) < 4.78 is 33.1. The molecule has 33 heavy (non-hydrogen) atoms. The summed E-state index contributed by atoms with van der Waals surface area (Å²) in [4.78, 5) is 25.9. The van der Waals surface area contributed by atoms with E-state index >= 15 is 0 Å². The van der Waals surface area contributed by atoms with Gasteiger partial charge in [0.25, 0.3) is 0 Å². The highest BCUT2D eigenvalue weighted by atomic mass is 32.2. The number of aldehydes is 1. The lowest BCUT2D eigenvalue weighted by Crippen LogP contribution is -2.37. The Kier molecular flexibility index (Phi) is 11.7. The van der Waals surface area contributed by atoms with E-state index in [1.807, 2.05) is 24.3 Å². The number of fused-ring (bicyclic) bond motifs is 1. The Balaban J connectivity index is 0.00000341. The van der Waals surface area contributed by atoms with E-state index in [0.717, 1.165) is 16.3 Å². The number of ether oxygens (including phenoxy) is 1. The summed E-state index contributed by atoms with van der Waals surface area (Å²) in [7, 11) is -4.16. The van der Waals surface area contributed by atoms with Crippen molar-refractivity contribution in [3.05, 3.63) is 66.5 Å². The van der Waals surface area contributed by atoms with Crippen molar-refractivity contribution >= 4 is 33.1 Å².